The second-order valence-electron chi connectivity index (χ2n) is 5.47. The fraction of sp³-hybridized carbons (Fsp3) is 0.588. The van der Waals surface area contributed by atoms with Gasteiger partial charge in [-0.15, -0.1) is 0 Å². The molecule has 1 rings (SSSR count). The lowest BCUT2D eigenvalue weighted by molar-refractivity contribution is -0.141. The first-order valence-electron chi connectivity index (χ1n) is 7.50. The van der Waals surface area contributed by atoms with Crippen molar-refractivity contribution in [2.24, 2.45) is 0 Å². The molecule has 0 aliphatic heterocycles. The van der Waals surface area contributed by atoms with Crippen LogP contribution in [0.1, 0.15) is 37.8 Å². The predicted molar refractivity (Wildman–Crippen MR) is 84.9 cm³/mol. The standard InChI is InChI=1S/C17H27NO3/c1-6-18(12-17(19)20-5)9-10-21-15-7-8-16(13(2)3)14(4)11-15/h7-8,11,13H,6,9-10,12H2,1-5H3. The molecule has 118 valence electrons. The van der Waals surface area contributed by atoms with Crippen LogP contribution < -0.4 is 4.74 Å². The van der Waals surface area contributed by atoms with Crippen LogP contribution in [0, 0.1) is 6.92 Å². The summed E-state index contributed by atoms with van der Waals surface area (Å²) in [6.07, 6.45) is 0. The number of nitrogens with zero attached hydrogens (tertiary/aromatic N) is 1. The highest BCUT2D eigenvalue weighted by Crippen LogP contribution is 2.23. The van der Waals surface area contributed by atoms with Crippen molar-refractivity contribution >= 4 is 5.97 Å². The van der Waals surface area contributed by atoms with Gasteiger partial charge in [-0.1, -0.05) is 26.8 Å². The number of benzene rings is 1. The molecule has 0 aliphatic rings. The van der Waals surface area contributed by atoms with Crippen LogP contribution in [0.4, 0.5) is 0 Å². The molecule has 0 saturated heterocycles. The minimum absolute atomic E-state index is 0.214. The van der Waals surface area contributed by atoms with Gasteiger partial charge in [-0.25, -0.2) is 0 Å². The first-order valence-corrected chi connectivity index (χ1v) is 7.50. The Morgan fingerprint density at radius 3 is 2.57 bits per heavy atom. The minimum atomic E-state index is -0.214. The van der Waals surface area contributed by atoms with E-state index in [1.54, 1.807) is 0 Å². The van der Waals surface area contributed by atoms with Gasteiger partial charge < -0.3 is 9.47 Å². The number of methoxy groups -OCH3 is 1. The van der Waals surface area contributed by atoms with E-state index in [9.17, 15) is 4.79 Å². The van der Waals surface area contributed by atoms with Crippen molar-refractivity contribution in [2.45, 2.75) is 33.6 Å². The number of aryl methyl sites for hydroxylation is 1. The third-order valence-corrected chi connectivity index (χ3v) is 3.57. The molecule has 0 aromatic heterocycles. The summed E-state index contributed by atoms with van der Waals surface area (Å²) in [5, 5.41) is 0. The molecule has 0 unspecified atom stereocenters. The van der Waals surface area contributed by atoms with Gasteiger partial charge in [0.1, 0.15) is 12.4 Å². The Bertz CT molecular complexity index is 457. The van der Waals surface area contributed by atoms with E-state index >= 15 is 0 Å². The van der Waals surface area contributed by atoms with Gasteiger partial charge in [-0.3, -0.25) is 9.69 Å². The molecule has 0 N–H and O–H groups in total. The molecular weight excluding hydrogens is 266 g/mol. The van der Waals surface area contributed by atoms with Crippen LogP contribution in [0.5, 0.6) is 5.75 Å². The highest BCUT2D eigenvalue weighted by atomic mass is 16.5. The average Bonchev–Trinajstić information content (AvgIpc) is 2.45. The third-order valence-electron chi connectivity index (χ3n) is 3.57. The molecule has 1 aromatic rings. The molecule has 0 amide bonds. The van der Waals surface area contributed by atoms with Crippen LogP contribution >= 0.6 is 0 Å². The maximum atomic E-state index is 11.3. The fourth-order valence-corrected chi connectivity index (χ4v) is 2.27. The smallest absolute Gasteiger partial charge is 0.319 e. The Balaban J connectivity index is 2.48. The maximum Gasteiger partial charge on any atom is 0.319 e. The fourth-order valence-electron chi connectivity index (χ4n) is 2.27. The molecule has 0 spiro atoms. The summed E-state index contributed by atoms with van der Waals surface area (Å²) in [5.74, 6) is 1.19. The molecule has 4 heteroatoms. The van der Waals surface area contributed by atoms with Gasteiger partial charge in [-0.2, -0.15) is 0 Å². The molecule has 1 aromatic carbocycles. The van der Waals surface area contributed by atoms with Crippen molar-refractivity contribution in [3.8, 4) is 5.75 Å². The Morgan fingerprint density at radius 1 is 1.33 bits per heavy atom. The van der Waals surface area contributed by atoms with Gasteiger partial charge >= 0.3 is 5.97 Å². The summed E-state index contributed by atoms with van der Waals surface area (Å²) in [6.45, 7) is 10.9. The predicted octanol–water partition coefficient (Wildman–Crippen LogP) is 2.99. The van der Waals surface area contributed by atoms with E-state index in [4.69, 9.17) is 4.74 Å². The molecule has 21 heavy (non-hydrogen) atoms. The Labute approximate surface area is 128 Å². The minimum Gasteiger partial charge on any atom is -0.492 e. The first kappa shape index (κ1) is 17.5. The lowest BCUT2D eigenvalue weighted by Gasteiger charge is -2.19. The van der Waals surface area contributed by atoms with Gasteiger partial charge in [0.25, 0.3) is 0 Å². The van der Waals surface area contributed by atoms with Crippen LogP contribution in [0.3, 0.4) is 0 Å². The quantitative estimate of drug-likeness (QED) is 0.691. The lowest BCUT2D eigenvalue weighted by Crippen LogP contribution is -2.33. The van der Waals surface area contributed by atoms with E-state index in [0.717, 1.165) is 12.3 Å². The molecule has 0 aliphatic carbocycles. The Morgan fingerprint density at radius 2 is 2.05 bits per heavy atom. The molecule has 0 fully saturated rings. The van der Waals surface area contributed by atoms with Gasteiger partial charge in [0.15, 0.2) is 0 Å². The van der Waals surface area contributed by atoms with Crippen LogP contribution in [0.15, 0.2) is 18.2 Å². The zero-order valence-corrected chi connectivity index (χ0v) is 13.8. The zero-order valence-electron chi connectivity index (χ0n) is 13.8. The van der Waals surface area contributed by atoms with Crippen molar-refractivity contribution in [1.82, 2.24) is 4.90 Å². The molecule has 4 nitrogen and oxygen atoms in total. The zero-order chi connectivity index (χ0) is 15.8. The molecule has 0 bridgehead atoms. The second-order valence-corrected chi connectivity index (χ2v) is 5.47. The lowest BCUT2D eigenvalue weighted by atomic mass is 9.98. The first-order chi connectivity index (χ1) is 9.97. The van der Waals surface area contributed by atoms with Crippen molar-refractivity contribution < 1.29 is 14.3 Å². The molecule has 0 saturated carbocycles. The number of esters is 1. The van der Waals surface area contributed by atoms with Crippen LogP contribution in [0.2, 0.25) is 0 Å². The van der Waals surface area contributed by atoms with Gasteiger partial charge in [0.2, 0.25) is 0 Å². The SMILES string of the molecule is CCN(CCOc1ccc(C(C)C)c(C)c1)CC(=O)OC. The number of rotatable bonds is 8. The normalized spacial score (nSPS) is 11.0. The summed E-state index contributed by atoms with van der Waals surface area (Å²) in [5.41, 5.74) is 2.60. The summed E-state index contributed by atoms with van der Waals surface area (Å²) in [7, 11) is 1.41. The van der Waals surface area contributed by atoms with Gasteiger partial charge in [0, 0.05) is 6.54 Å². The number of carbonyl (C=O) groups is 1. The maximum absolute atomic E-state index is 11.3. The highest BCUT2D eigenvalue weighted by molar-refractivity contribution is 5.71. The van der Waals surface area contributed by atoms with E-state index in [-0.39, 0.29) is 5.97 Å². The molecular formula is C17H27NO3. The Hall–Kier alpha value is -1.55. The summed E-state index contributed by atoms with van der Waals surface area (Å²) in [4.78, 5) is 13.3. The van der Waals surface area contributed by atoms with Crippen LogP contribution in [-0.4, -0.2) is 44.2 Å². The van der Waals surface area contributed by atoms with Gasteiger partial charge in [-0.05, 0) is 42.6 Å². The van der Waals surface area contributed by atoms with Crippen molar-refractivity contribution in [1.29, 1.82) is 0 Å². The van der Waals surface area contributed by atoms with E-state index in [2.05, 4.69) is 37.6 Å². The monoisotopic (exact) mass is 293 g/mol. The van der Waals surface area contributed by atoms with Crippen LogP contribution in [-0.2, 0) is 9.53 Å². The molecule has 0 radical (unpaired) electrons. The van der Waals surface area contributed by atoms with E-state index in [1.807, 2.05) is 17.9 Å². The summed E-state index contributed by atoms with van der Waals surface area (Å²) in [6, 6.07) is 6.21. The Kier molecular flexibility index (Phi) is 7.23. The van der Waals surface area contributed by atoms with Crippen molar-refractivity contribution in [3.63, 3.8) is 0 Å². The second kappa shape index (κ2) is 8.67. The van der Waals surface area contributed by atoms with Gasteiger partial charge in [0.05, 0.1) is 13.7 Å². The van der Waals surface area contributed by atoms with E-state index in [0.29, 0.717) is 25.6 Å². The topological polar surface area (TPSA) is 38.8 Å². The number of likely N-dealkylation sites (N-methyl/N-ethyl adjacent to an activating group) is 1. The van der Waals surface area contributed by atoms with Crippen LogP contribution in [0.25, 0.3) is 0 Å². The molecule has 0 atom stereocenters. The number of carbonyl (C=O) groups excluding carboxylic acids is 1. The third kappa shape index (κ3) is 5.76. The number of hydrogen-bond donors (Lipinski definition) is 0. The number of ether oxygens (including phenoxy) is 2. The summed E-state index contributed by atoms with van der Waals surface area (Å²) >= 11 is 0. The molecule has 0 heterocycles. The van der Waals surface area contributed by atoms with Crippen molar-refractivity contribution in [3.05, 3.63) is 29.3 Å². The van der Waals surface area contributed by atoms with Crippen molar-refractivity contribution in [2.75, 3.05) is 33.4 Å². The van der Waals surface area contributed by atoms with E-state index in [1.165, 1.54) is 18.2 Å². The largest absolute Gasteiger partial charge is 0.492 e. The average molecular weight is 293 g/mol. The highest BCUT2D eigenvalue weighted by Gasteiger charge is 2.09. The van der Waals surface area contributed by atoms with E-state index < -0.39 is 0 Å². The number of hydrogen-bond acceptors (Lipinski definition) is 4. The summed E-state index contributed by atoms with van der Waals surface area (Å²) < 4.78 is 10.5.